The molecule has 0 spiro atoms. The van der Waals surface area contributed by atoms with Crippen LogP contribution >= 0.6 is 0 Å². The zero-order valence-corrected chi connectivity index (χ0v) is 9.53. The number of aromatic hydroxyl groups is 1. The molecule has 0 aliphatic carbocycles. The van der Waals surface area contributed by atoms with Crippen LogP contribution in [0.3, 0.4) is 0 Å². The first kappa shape index (κ1) is 12.4. The molecular formula is C11H17N3O2. The maximum atomic E-state index is 11.5. The van der Waals surface area contributed by atoms with Crippen molar-refractivity contribution in [2.75, 3.05) is 11.9 Å². The maximum absolute atomic E-state index is 11.5. The third-order valence-corrected chi connectivity index (χ3v) is 2.09. The van der Waals surface area contributed by atoms with Crippen molar-refractivity contribution < 1.29 is 9.90 Å². The summed E-state index contributed by atoms with van der Waals surface area (Å²) in [5.41, 5.74) is 0. The second-order valence-corrected chi connectivity index (χ2v) is 3.58. The lowest BCUT2D eigenvalue weighted by Gasteiger charge is -2.12. The molecule has 1 amide bonds. The quantitative estimate of drug-likeness (QED) is 0.699. The van der Waals surface area contributed by atoms with E-state index in [4.69, 9.17) is 0 Å². The van der Waals surface area contributed by atoms with E-state index in [9.17, 15) is 9.90 Å². The summed E-state index contributed by atoms with van der Waals surface area (Å²) < 4.78 is 0. The van der Waals surface area contributed by atoms with Gasteiger partial charge in [0, 0.05) is 18.7 Å². The highest BCUT2D eigenvalue weighted by Crippen LogP contribution is 2.18. The van der Waals surface area contributed by atoms with Crippen LogP contribution < -0.4 is 10.6 Å². The van der Waals surface area contributed by atoms with Crippen LogP contribution in [0.4, 0.5) is 5.82 Å². The Morgan fingerprint density at radius 1 is 1.62 bits per heavy atom. The van der Waals surface area contributed by atoms with Gasteiger partial charge in [0.05, 0.1) is 0 Å². The van der Waals surface area contributed by atoms with Gasteiger partial charge in [-0.05, 0) is 25.6 Å². The highest BCUT2D eigenvalue weighted by molar-refractivity contribution is 5.91. The molecule has 0 aliphatic heterocycles. The normalized spacial score (nSPS) is 12.1. The van der Waals surface area contributed by atoms with E-state index in [0.717, 1.165) is 6.54 Å². The average Bonchev–Trinajstić information content (AvgIpc) is 2.21. The van der Waals surface area contributed by atoms with E-state index in [2.05, 4.69) is 15.6 Å². The number of hydrogen-bond donors (Lipinski definition) is 3. The number of carbonyl (C=O) groups excluding carboxylic acids is 1. The first-order chi connectivity index (χ1) is 7.63. The molecule has 1 unspecified atom stereocenters. The Morgan fingerprint density at radius 2 is 2.38 bits per heavy atom. The summed E-state index contributed by atoms with van der Waals surface area (Å²) in [6.07, 6.45) is 1.87. The topological polar surface area (TPSA) is 74.2 Å². The minimum absolute atomic E-state index is 0.0213. The molecule has 5 nitrogen and oxygen atoms in total. The van der Waals surface area contributed by atoms with Crippen LogP contribution in [-0.4, -0.2) is 28.6 Å². The van der Waals surface area contributed by atoms with Gasteiger partial charge in [0.2, 0.25) is 5.91 Å². The summed E-state index contributed by atoms with van der Waals surface area (Å²) in [5.74, 6) is 0.0191. The molecule has 0 bridgehead atoms. The fraction of sp³-hybridized carbons (Fsp3) is 0.455. The molecule has 1 heterocycles. The lowest BCUT2D eigenvalue weighted by atomic mass is 10.2. The number of anilines is 1. The van der Waals surface area contributed by atoms with Crippen molar-refractivity contribution in [3.05, 3.63) is 18.3 Å². The lowest BCUT2D eigenvalue weighted by molar-refractivity contribution is -0.116. The largest absolute Gasteiger partial charge is 0.504 e. The summed E-state index contributed by atoms with van der Waals surface area (Å²) in [6.45, 7) is 4.74. The van der Waals surface area contributed by atoms with Crippen LogP contribution in [0.25, 0.3) is 0 Å². The lowest BCUT2D eigenvalue weighted by Crippen LogP contribution is -2.30. The van der Waals surface area contributed by atoms with Gasteiger partial charge in [-0.15, -0.1) is 0 Å². The van der Waals surface area contributed by atoms with E-state index in [0.29, 0.717) is 6.42 Å². The van der Waals surface area contributed by atoms with Gasteiger partial charge in [-0.2, -0.15) is 0 Å². The fourth-order valence-corrected chi connectivity index (χ4v) is 1.37. The Morgan fingerprint density at radius 3 is 3.00 bits per heavy atom. The van der Waals surface area contributed by atoms with Crippen LogP contribution in [0, 0.1) is 0 Å². The molecular weight excluding hydrogens is 206 g/mol. The van der Waals surface area contributed by atoms with Crippen LogP contribution in [-0.2, 0) is 4.79 Å². The second kappa shape index (κ2) is 6.07. The number of amides is 1. The predicted octanol–water partition coefficient (Wildman–Crippen LogP) is 1.11. The standard InChI is InChI=1S/C11H17N3O2/c1-3-12-8(2)7-10(16)14-11-9(15)5-4-6-13-11/h4-6,8,12,15H,3,7H2,1-2H3,(H,13,14,16). The van der Waals surface area contributed by atoms with Crippen molar-refractivity contribution in [1.82, 2.24) is 10.3 Å². The Hall–Kier alpha value is -1.62. The van der Waals surface area contributed by atoms with Gasteiger partial charge in [0.15, 0.2) is 11.6 Å². The van der Waals surface area contributed by atoms with Crippen LogP contribution in [0.2, 0.25) is 0 Å². The van der Waals surface area contributed by atoms with Crippen molar-refractivity contribution in [3.63, 3.8) is 0 Å². The molecule has 1 atom stereocenters. The molecule has 5 heteroatoms. The van der Waals surface area contributed by atoms with Gasteiger partial charge in [-0.1, -0.05) is 6.92 Å². The van der Waals surface area contributed by atoms with Crippen LogP contribution in [0.15, 0.2) is 18.3 Å². The average molecular weight is 223 g/mol. The summed E-state index contributed by atoms with van der Waals surface area (Å²) in [6, 6.07) is 3.19. The van der Waals surface area contributed by atoms with Crippen LogP contribution in [0.5, 0.6) is 5.75 Å². The smallest absolute Gasteiger partial charge is 0.227 e. The minimum Gasteiger partial charge on any atom is -0.504 e. The molecule has 0 saturated heterocycles. The number of carbonyl (C=O) groups is 1. The molecule has 0 radical (unpaired) electrons. The zero-order chi connectivity index (χ0) is 12.0. The Labute approximate surface area is 94.9 Å². The number of hydrogen-bond acceptors (Lipinski definition) is 4. The third kappa shape index (κ3) is 3.86. The Kier molecular flexibility index (Phi) is 4.72. The molecule has 0 saturated carbocycles. The molecule has 1 aromatic heterocycles. The van der Waals surface area contributed by atoms with Gasteiger partial charge in [0.25, 0.3) is 0 Å². The summed E-state index contributed by atoms with van der Waals surface area (Å²) in [7, 11) is 0. The summed E-state index contributed by atoms with van der Waals surface area (Å²) in [5, 5.41) is 15.1. The number of pyridine rings is 1. The fourth-order valence-electron chi connectivity index (χ4n) is 1.37. The summed E-state index contributed by atoms with van der Waals surface area (Å²) in [4.78, 5) is 15.4. The SMILES string of the molecule is CCNC(C)CC(=O)Nc1ncccc1O. The van der Waals surface area contributed by atoms with Gasteiger partial charge in [-0.3, -0.25) is 4.79 Å². The molecule has 16 heavy (non-hydrogen) atoms. The van der Waals surface area contributed by atoms with Crippen molar-refractivity contribution in [3.8, 4) is 5.75 Å². The van der Waals surface area contributed by atoms with Gasteiger partial charge in [-0.25, -0.2) is 4.98 Å². The Bertz CT molecular complexity index is 355. The minimum atomic E-state index is -0.164. The zero-order valence-electron chi connectivity index (χ0n) is 9.53. The first-order valence-electron chi connectivity index (χ1n) is 5.30. The molecule has 0 aromatic carbocycles. The van der Waals surface area contributed by atoms with E-state index in [-0.39, 0.29) is 23.5 Å². The van der Waals surface area contributed by atoms with Crippen molar-refractivity contribution in [2.24, 2.45) is 0 Å². The number of rotatable bonds is 5. The highest BCUT2D eigenvalue weighted by atomic mass is 16.3. The maximum Gasteiger partial charge on any atom is 0.227 e. The van der Waals surface area contributed by atoms with Crippen molar-refractivity contribution in [2.45, 2.75) is 26.3 Å². The number of nitrogens with one attached hydrogen (secondary N) is 2. The highest BCUT2D eigenvalue weighted by Gasteiger charge is 2.10. The number of nitrogens with zero attached hydrogens (tertiary/aromatic N) is 1. The van der Waals surface area contributed by atoms with E-state index >= 15 is 0 Å². The third-order valence-electron chi connectivity index (χ3n) is 2.09. The predicted molar refractivity (Wildman–Crippen MR) is 62.3 cm³/mol. The molecule has 88 valence electrons. The van der Waals surface area contributed by atoms with E-state index in [1.165, 1.54) is 12.3 Å². The second-order valence-electron chi connectivity index (χ2n) is 3.58. The molecule has 3 N–H and O–H groups in total. The molecule has 1 aromatic rings. The van der Waals surface area contributed by atoms with Crippen molar-refractivity contribution >= 4 is 11.7 Å². The first-order valence-corrected chi connectivity index (χ1v) is 5.30. The van der Waals surface area contributed by atoms with Gasteiger partial charge < -0.3 is 15.7 Å². The molecule has 0 fully saturated rings. The van der Waals surface area contributed by atoms with Gasteiger partial charge >= 0.3 is 0 Å². The number of aromatic nitrogens is 1. The Balaban J connectivity index is 2.49. The van der Waals surface area contributed by atoms with Gasteiger partial charge in [0.1, 0.15) is 0 Å². The van der Waals surface area contributed by atoms with E-state index in [1.807, 2.05) is 13.8 Å². The molecule has 0 aliphatic rings. The summed E-state index contributed by atoms with van der Waals surface area (Å²) >= 11 is 0. The molecule has 1 rings (SSSR count). The monoisotopic (exact) mass is 223 g/mol. The van der Waals surface area contributed by atoms with E-state index in [1.54, 1.807) is 6.07 Å². The van der Waals surface area contributed by atoms with E-state index < -0.39 is 0 Å². The van der Waals surface area contributed by atoms with Crippen molar-refractivity contribution in [1.29, 1.82) is 0 Å². The van der Waals surface area contributed by atoms with Crippen LogP contribution in [0.1, 0.15) is 20.3 Å².